The molecule has 3 aromatic carbocycles. The molecule has 1 saturated heterocycles. The predicted molar refractivity (Wildman–Crippen MR) is 124 cm³/mol. The molecule has 162 valence electrons. The van der Waals surface area contributed by atoms with Gasteiger partial charge in [0.2, 0.25) is 5.91 Å². The summed E-state index contributed by atoms with van der Waals surface area (Å²) in [6.07, 6.45) is 0.563. The zero-order chi connectivity index (χ0) is 22.4. The van der Waals surface area contributed by atoms with Crippen LogP contribution in [0.5, 0.6) is 5.75 Å². The summed E-state index contributed by atoms with van der Waals surface area (Å²) in [4.78, 5) is 29.4. The van der Waals surface area contributed by atoms with Crippen molar-refractivity contribution < 1.29 is 14.7 Å². The van der Waals surface area contributed by atoms with Gasteiger partial charge in [0.15, 0.2) is 0 Å². The van der Waals surface area contributed by atoms with E-state index in [4.69, 9.17) is 5.73 Å². The number of benzene rings is 3. The van der Waals surface area contributed by atoms with Gasteiger partial charge in [-0.3, -0.25) is 9.59 Å². The Hall–Kier alpha value is -3.64. The first-order valence-electron chi connectivity index (χ1n) is 10.8. The van der Waals surface area contributed by atoms with E-state index in [1.807, 2.05) is 35.2 Å². The molecule has 6 heteroatoms. The van der Waals surface area contributed by atoms with Gasteiger partial charge in [0.05, 0.1) is 0 Å². The fraction of sp³-hybridized carbons (Fsp3) is 0.231. The summed E-state index contributed by atoms with van der Waals surface area (Å²) in [5.74, 6) is -0.270. The standard InChI is InChI=1S/C26H25N3O3/c1-28-7-9-29(10-8-28)26(32)17-5-6-21-19(11-17)15-23-22(21)13-18(14-24(23)25(27)31)16-3-2-4-20(30)12-16/h2-6,11-14,30H,7-10,15H2,1H3,(H2,27,31). The summed E-state index contributed by atoms with van der Waals surface area (Å²) in [6.45, 7) is 3.21. The van der Waals surface area contributed by atoms with Crippen molar-refractivity contribution in [3.05, 3.63) is 76.9 Å². The summed E-state index contributed by atoms with van der Waals surface area (Å²) in [5, 5.41) is 9.88. The van der Waals surface area contributed by atoms with Gasteiger partial charge < -0.3 is 20.6 Å². The topological polar surface area (TPSA) is 86.9 Å². The van der Waals surface area contributed by atoms with Crippen LogP contribution in [0.1, 0.15) is 31.8 Å². The van der Waals surface area contributed by atoms with Gasteiger partial charge in [-0.1, -0.05) is 18.2 Å². The zero-order valence-electron chi connectivity index (χ0n) is 18.0. The third-order valence-corrected chi connectivity index (χ3v) is 6.49. The molecule has 1 aliphatic heterocycles. The average Bonchev–Trinajstić information content (AvgIpc) is 3.16. The van der Waals surface area contributed by atoms with E-state index in [9.17, 15) is 14.7 Å². The molecule has 32 heavy (non-hydrogen) atoms. The second-order valence-electron chi connectivity index (χ2n) is 8.61. The fourth-order valence-corrected chi connectivity index (χ4v) is 4.69. The van der Waals surface area contributed by atoms with Gasteiger partial charge in [0, 0.05) is 37.3 Å². The van der Waals surface area contributed by atoms with E-state index in [0.29, 0.717) is 17.5 Å². The molecule has 0 atom stereocenters. The highest BCUT2D eigenvalue weighted by molar-refractivity contribution is 6.01. The maximum atomic E-state index is 13.0. The van der Waals surface area contributed by atoms with Crippen LogP contribution in [0, 0.1) is 0 Å². The molecule has 1 heterocycles. The molecule has 3 aromatic rings. The molecule has 2 amide bonds. The molecule has 3 N–H and O–H groups in total. The van der Waals surface area contributed by atoms with E-state index in [0.717, 1.165) is 59.6 Å². The van der Waals surface area contributed by atoms with Gasteiger partial charge in [-0.05, 0) is 83.2 Å². The van der Waals surface area contributed by atoms with Crippen molar-refractivity contribution in [1.29, 1.82) is 0 Å². The third-order valence-electron chi connectivity index (χ3n) is 6.49. The molecule has 0 bridgehead atoms. The maximum Gasteiger partial charge on any atom is 0.253 e. The van der Waals surface area contributed by atoms with Crippen molar-refractivity contribution in [3.8, 4) is 28.0 Å². The Bertz CT molecular complexity index is 1240. The molecular formula is C26H25N3O3. The first-order valence-corrected chi connectivity index (χ1v) is 10.8. The lowest BCUT2D eigenvalue weighted by atomic mass is 9.94. The number of rotatable bonds is 3. The minimum Gasteiger partial charge on any atom is -0.508 e. The summed E-state index contributed by atoms with van der Waals surface area (Å²) >= 11 is 0. The molecule has 5 rings (SSSR count). The number of likely N-dealkylation sites (N-methyl/N-ethyl adjacent to an activating group) is 1. The van der Waals surface area contributed by atoms with E-state index in [-0.39, 0.29) is 11.7 Å². The highest BCUT2D eigenvalue weighted by atomic mass is 16.3. The smallest absolute Gasteiger partial charge is 0.253 e. The van der Waals surface area contributed by atoms with Crippen molar-refractivity contribution >= 4 is 11.8 Å². The first kappa shape index (κ1) is 20.3. The number of primary amides is 1. The number of nitrogens with zero attached hydrogens (tertiary/aromatic N) is 2. The van der Waals surface area contributed by atoms with Gasteiger partial charge in [-0.15, -0.1) is 0 Å². The van der Waals surface area contributed by atoms with Crippen molar-refractivity contribution in [3.63, 3.8) is 0 Å². The SMILES string of the molecule is CN1CCN(C(=O)c2ccc3c(c2)Cc2c(C(N)=O)cc(-c4cccc(O)c4)cc2-3)CC1. The number of phenols is 1. The molecule has 2 aliphatic rings. The van der Waals surface area contributed by atoms with Gasteiger partial charge in [-0.2, -0.15) is 0 Å². The van der Waals surface area contributed by atoms with E-state index in [2.05, 4.69) is 11.9 Å². The summed E-state index contributed by atoms with van der Waals surface area (Å²) < 4.78 is 0. The number of nitrogens with two attached hydrogens (primary N) is 1. The van der Waals surface area contributed by atoms with Crippen LogP contribution in [-0.4, -0.2) is 59.9 Å². The highest BCUT2D eigenvalue weighted by Gasteiger charge is 2.27. The Morgan fingerprint density at radius 1 is 0.906 bits per heavy atom. The van der Waals surface area contributed by atoms with Gasteiger partial charge in [0.25, 0.3) is 5.91 Å². The second-order valence-corrected chi connectivity index (χ2v) is 8.61. The Labute approximate surface area is 186 Å². The highest BCUT2D eigenvalue weighted by Crippen LogP contribution is 2.41. The molecule has 1 fully saturated rings. The first-order chi connectivity index (χ1) is 15.4. The van der Waals surface area contributed by atoms with Gasteiger partial charge >= 0.3 is 0 Å². The van der Waals surface area contributed by atoms with Gasteiger partial charge in [-0.25, -0.2) is 0 Å². The lowest BCUT2D eigenvalue weighted by Gasteiger charge is -2.32. The fourth-order valence-electron chi connectivity index (χ4n) is 4.69. The number of carbonyl (C=O) groups is 2. The van der Waals surface area contributed by atoms with Crippen molar-refractivity contribution in [2.75, 3.05) is 33.2 Å². The number of aromatic hydroxyl groups is 1. The molecule has 0 saturated carbocycles. The molecule has 0 radical (unpaired) electrons. The van der Waals surface area contributed by atoms with Crippen LogP contribution in [0.15, 0.2) is 54.6 Å². The van der Waals surface area contributed by atoms with Gasteiger partial charge in [0.1, 0.15) is 5.75 Å². The number of amides is 2. The number of fused-ring (bicyclic) bond motifs is 3. The minimum atomic E-state index is -0.482. The quantitative estimate of drug-likeness (QED) is 0.526. The van der Waals surface area contributed by atoms with Crippen molar-refractivity contribution in [1.82, 2.24) is 9.80 Å². The van der Waals surface area contributed by atoms with Crippen LogP contribution in [0.2, 0.25) is 0 Å². The summed E-state index contributed by atoms with van der Waals surface area (Å²) in [6, 6.07) is 16.6. The zero-order valence-corrected chi connectivity index (χ0v) is 18.0. The molecule has 0 aromatic heterocycles. The number of phenolic OH excluding ortho intramolecular Hbond substituents is 1. The largest absolute Gasteiger partial charge is 0.508 e. The van der Waals surface area contributed by atoms with Crippen LogP contribution in [0.4, 0.5) is 0 Å². The number of piperazine rings is 1. The summed E-state index contributed by atoms with van der Waals surface area (Å²) in [5.41, 5.74) is 12.4. The van der Waals surface area contributed by atoms with Crippen LogP contribution >= 0.6 is 0 Å². The Morgan fingerprint density at radius 3 is 2.41 bits per heavy atom. The molecular weight excluding hydrogens is 402 g/mol. The van der Waals surface area contributed by atoms with E-state index in [1.54, 1.807) is 24.3 Å². The second kappa shape index (κ2) is 7.80. The average molecular weight is 428 g/mol. The van der Waals surface area contributed by atoms with Crippen LogP contribution in [-0.2, 0) is 6.42 Å². The summed E-state index contributed by atoms with van der Waals surface area (Å²) in [7, 11) is 2.07. The predicted octanol–water partition coefficient (Wildman–Crippen LogP) is 3.12. The van der Waals surface area contributed by atoms with E-state index >= 15 is 0 Å². The lowest BCUT2D eigenvalue weighted by Crippen LogP contribution is -2.47. The molecule has 6 nitrogen and oxygen atoms in total. The number of hydrogen-bond acceptors (Lipinski definition) is 4. The molecule has 1 aliphatic carbocycles. The number of hydrogen-bond donors (Lipinski definition) is 2. The Kier molecular flexibility index (Phi) is 4.94. The van der Waals surface area contributed by atoms with Crippen molar-refractivity contribution in [2.24, 2.45) is 5.73 Å². The Balaban J connectivity index is 1.53. The monoisotopic (exact) mass is 427 g/mol. The normalized spacial score (nSPS) is 15.3. The number of carbonyl (C=O) groups excluding carboxylic acids is 2. The van der Waals surface area contributed by atoms with Crippen LogP contribution < -0.4 is 5.73 Å². The Morgan fingerprint density at radius 2 is 1.69 bits per heavy atom. The maximum absolute atomic E-state index is 13.0. The van der Waals surface area contributed by atoms with Crippen LogP contribution in [0.3, 0.4) is 0 Å². The minimum absolute atomic E-state index is 0.0485. The van der Waals surface area contributed by atoms with Crippen LogP contribution in [0.25, 0.3) is 22.3 Å². The third kappa shape index (κ3) is 3.52. The lowest BCUT2D eigenvalue weighted by molar-refractivity contribution is 0.0664. The van der Waals surface area contributed by atoms with E-state index < -0.39 is 5.91 Å². The molecule has 0 unspecified atom stereocenters. The van der Waals surface area contributed by atoms with E-state index in [1.165, 1.54) is 0 Å². The van der Waals surface area contributed by atoms with Crippen molar-refractivity contribution in [2.45, 2.75) is 6.42 Å². The molecule has 0 spiro atoms.